The molecule has 0 fully saturated rings. The monoisotopic (exact) mass is 147 g/mol. The maximum atomic E-state index is 8.74. The van der Waals surface area contributed by atoms with E-state index in [0.717, 1.165) is 0 Å². The van der Waals surface area contributed by atoms with Gasteiger partial charge >= 0.3 is 10.4 Å². The second-order valence-corrected chi connectivity index (χ2v) is 1.34. The van der Waals surface area contributed by atoms with E-state index >= 15 is 0 Å². The maximum Gasteiger partial charge on any atom is 0.394 e. The van der Waals surface area contributed by atoms with Crippen LogP contribution in [0.1, 0.15) is 0 Å². The minimum atomic E-state index is -4.67. The van der Waals surface area contributed by atoms with Crippen molar-refractivity contribution in [2.75, 3.05) is 0 Å². The molecule has 0 heterocycles. The molecule has 7 heavy (non-hydrogen) atoms. The molecule has 0 aliphatic rings. The standard InChI is InChI=1S/2Na.H2O4S/c;;1-5(2,3)4/h;;(H2,1,2,3,4)/i;;5+3. The Morgan fingerprint density at radius 1 is 1.00 bits per heavy atom. The van der Waals surface area contributed by atoms with Crippen molar-refractivity contribution >= 4 is 69.5 Å². The van der Waals surface area contributed by atoms with Gasteiger partial charge in [0.1, 0.15) is 0 Å². The topological polar surface area (TPSA) is 74.6 Å². The van der Waals surface area contributed by atoms with Crippen molar-refractivity contribution in [3.05, 3.63) is 0 Å². The van der Waals surface area contributed by atoms with Gasteiger partial charge in [0, 0.05) is 59.1 Å². The third-order valence-electron chi connectivity index (χ3n) is 0. The Hall–Kier alpha value is 1.87. The molecule has 34 valence electrons. The Balaban J connectivity index is -0.0000000800. The van der Waals surface area contributed by atoms with Gasteiger partial charge in [-0.3, -0.25) is 9.11 Å². The third-order valence-corrected chi connectivity index (χ3v) is 0. The normalized spacial score (nSPS) is 8.29. The van der Waals surface area contributed by atoms with Gasteiger partial charge in [-0.1, -0.05) is 0 Å². The molecule has 0 aliphatic heterocycles. The zero-order valence-corrected chi connectivity index (χ0v) is 8.94. The average Bonchev–Trinajstić information content (AvgIpc) is 0.722. The average molecular weight is 147 g/mol. The molecular formula is H2Na2O4S. The quantitative estimate of drug-likeness (QED) is 0.326. The van der Waals surface area contributed by atoms with Crippen LogP contribution in [0.2, 0.25) is 0 Å². The molecule has 0 aliphatic carbocycles. The molecule has 4 nitrogen and oxygen atoms in total. The second kappa shape index (κ2) is 6.00. The van der Waals surface area contributed by atoms with Crippen LogP contribution in [0.15, 0.2) is 0 Å². The van der Waals surface area contributed by atoms with Crippen LogP contribution in [0, 0.1) is 0 Å². The Labute approximate surface area is 85.8 Å². The molecular weight excluding hydrogens is 145 g/mol. The van der Waals surface area contributed by atoms with Crippen molar-refractivity contribution in [3.8, 4) is 0 Å². The van der Waals surface area contributed by atoms with Crippen LogP contribution >= 0.6 is 0 Å². The summed E-state index contributed by atoms with van der Waals surface area (Å²) in [6.45, 7) is 0. The summed E-state index contributed by atoms with van der Waals surface area (Å²) in [6.07, 6.45) is 0. The van der Waals surface area contributed by atoms with Crippen LogP contribution in [0.5, 0.6) is 0 Å². The first-order valence-electron chi connectivity index (χ1n) is 0.698. The van der Waals surface area contributed by atoms with E-state index in [1.807, 2.05) is 0 Å². The van der Waals surface area contributed by atoms with Crippen molar-refractivity contribution < 1.29 is 17.5 Å². The largest absolute Gasteiger partial charge is 0.394 e. The van der Waals surface area contributed by atoms with Gasteiger partial charge in [0.05, 0.1) is 0 Å². The van der Waals surface area contributed by atoms with E-state index in [1.165, 1.54) is 0 Å². The summed E-state index contributed by atoms with van der Waals surface area (Å²) in [4.78, 5) is 0. The van der Waals surface area contributed by atoms with Crippen LogP contribution < -0.4 is 0 Å². The van der Waals surface area contributed by atoms with Crippen LogP contribution in [-0.4, -0.2) is 76.6 Å². The first-order valence-corrected chi connectivity index (χ1v) is 2.10. The van der Waals surface area contributed by atoms with Crippen molar-refractivity contribution in [1.29, 1.82) is 0 Å². The van der Waals surface area contributed by atoms with Crippen LogP contribution in [0.4, 0.5) is 0 Å². The smallest absolute Gasteiger partial charge is 0.264 e. The Kier molecular flexibility index (Phi) is 13.7. The van der Waals surface area contributed by atoms with Crippen LogP contribution in [0.25, 0.3) is 0 Å². The van der Waals surface area contributed by atoms with E-state index in [-0.39, 0.29) is 59.1 Å². The molecule has 0 aromatic rings. The molecule has 0 saturated carbocycles. The van der Waals surface area contributed by atoms with Gasteiger partial charge in [-0.25, -0.2) is 0 Å². The predicted octanol–water partition coefficient (Wildman–Crippen LogP) is -1.41. The fourth-order valence-electron chi connectivity index (χ4n) is 0. The first-order chi connectivity index (χ1) is 2.00. The first kappa shape index (κ1) is 15.9. The molecule has 0 bridgehead atoms. The van der Waals surface area contributed by atoms with Gasteiger partial charge in [-0.05, 0) is 0 Å². The zero-order valence-electron chi connectivity index (χ0n) is 4.12. The van der Waals surface area contributed by atoms with Gasteiger partial charge in [0.25, 0.3) is 0 Å². The summed E-state index contributed by atoms with van der Waals surface area (Å²) < 4.78 is 31.6. The molecule has 2 N–H and O–H groups in total. The van der Waals surface area contributed by atoms with Crippen LogP contribution in [-0.2, 0) is 10.4 Å². The van der Waals surface area contributed by atoms with Gasteiger partial charge in [-0.15, -0.1) is 0 Å². The van der Waals surface area contributed by atoms with Crippen molar-refractivity contribution in [1.82, 2.24) is 0 Å². The van der Waals surface area contributed by atoms with Gasteiger partial charge in [0.15, 0.2) is 0 Å². The Bertz CT molecular complexity index is 92.9. The predicted molar refractivity (Wildman–Crippen MR) is 25.7 cm³/mol. The van der Waals surface area contributed by atoms with E-state index < -0.39 is 10.4 Å². The summed E-state index contributed by atoms with van der Waals surface area (Å²) in [6, 6.07) is 0. The molecule has 0 rings (SSSR count). The minimum absolute atomic E-state index is 0. The van der Waals surface area contributed by atoms with Gasteiger partial charge in [0.2, 0.25) is 0 Å². The fraction of sp³-hybridized carbons (Fsp3) is 0. The van der Waals surface area contributed by atoms with Gasteiger partial charge in [-0.2, -0.15) is 8.42 Å². The zero-order chi connectivity index (χ0) is 4.50. The summed E-state index contributed by atoms with van der Waals surface area (Å²) in [7, 11) is -4.67. The second-order valence-electron chi connectivity index (χ2n) is 0.448. The summed E-state index contributed by atoms with van der Waals surface area (Å²) in [5.74, 6) is 0. The third kappa shape index (κ3) is 77.5. The summed E-state index contributed by atoms with van der Waals surface area (Å²) >= 11 is 0. The van der Waals surface area contributed by atoms with Crippen molar-refractivity contribution in [3.63, 3.8) is 0 Å². The fourth-order valence-corrected chi connectivity index (χ4v) is 0. The summed E-state index contributed by atoms with van der Waals surface area (Å²) in [5, 5.41) is 0. The van der Waals surface area contributed by atoms with E-state index in [1.54, 1.807) is 0 Å². The Morgan fingerprint density at radius 3 is 1.00 bits per heavy atom. The number of hydrogen-bond donors (Lipinski definition) is 2. The van der Waals surface area contributed by atoms with E-state index in [4.69, 9.17) is 17.5 Å². The van der Waals surface area contributed by atoms with Crippen LogP contribution in [0.3, 0.4) is 0 Å². The molecule has 0 aromatic carbocycles. The van der Waals surface area contributed by atoms with Crippen molar-refractivity contribution in [2.24, 2.45) is 0 Å². The minimum Gasteiger partial charge on any atom is -0.264 e. The molecule has 0 spiro atoms. The SMILES string of the molecule is O=[35S](=O)(O)O.[Na].[Na]. The molecule has 0 amide bonds. The molecule has 7 heteroatoms. The van der Waals surface area contributed by atoms with E-state index in [0.29, 0.717) is 0 Å². The molecule has 2 radical (unpaired) electrons. The molecule has 0 saturated heterocycles. The maximum absolute atomic E-state index is 8.74. The van der Waals surface area contributed by atoms with Gasteiger partial charge < -0.3 is 0 Å². The number of rotatable bonds is 0. The molecule has 0 atom stereocenters. The van der Waals surface area contributed by atoms with E-state index in [9.17, 15) is 0 Å². The number of hydrogen-bond acceptors (Lipinski definition) is 2. The molecule has 0 aromatic heterocycles. The van der Waals surface area contributed by atoms with E-state index in [2.05, 4.69) is 0 Å². The summed E-state index contributed by atoms with van der Waals surface area (Å²) in [5.41, 5.74) is 0. The van der Waals surface area contributed by atoms with Crippen molar-refractivity contribution in [2.45, 2.75) is 0 Å². The Morgan fingerprint density at radius 2 is 1.00 bits per heavy atom. The molecule has 0 unspecified atom stereocenters.